The van der Waals surface area contributed by atoms with Gasteiger partial charge < -0.3 is 10.2 Å². The van der Waals surface area contributed by atoms with E-state index >= 15 is 0 Å². The first-order valence-corrected chi connectivity index (χ1v) is 9.11. The molecule has 1 aliphatic rings. The average molecular weight is 359 g/mol. The fourth-order valence-electron chi connectivity index (χ4n) is 3.14. The van der Waals surface area contributed by atoms with Crippen molar-refractivity contribution in [3.8, 4) is 0 Å². The first-order valence-electron chi connectivity index (χ1n) is 8.74. The second-order valence-corrected chi connectivity index (χ2v) is 6.89. The molecule has 0 aliphatic carbocycles. The zero-order valence-electron chi connectivity index (χ0n) is 14.4. The van der Waals surface area contributed by atoms with E-state index in [-0.39, 0.29) is 11.9 Å². The van der Waals surface area contributed by atoms with Gasteiger partial charge in [0.25, 0.3) is 5.91 Å². The van der Waals surface area contributed by atoms with Crippen LogP contribution in [0.3, 0.4) is 0 Å². The van der Waals surface area contributed by atoms with Crippen molar-refractivity contribution in [2.24, 2.45) is 0 Å². The van der Waals surface area contributed by atoms with Gasteiger partial charge in [-0.1, -0.05) is 11.6 Å². The third-order valence-corrected chi connectivity index (χ3v) is 4.75. The van der Waals surface area contributed by atoms with Gasteiger partial charge in [0.2, 0.25) is 0 Å². The van der Waals surface area contributed by atoms with Crippen LogP contribution < -0.4 is 10.2 Å². The lowest BCUT2D eigenvalue weighted by Crippen LogP contribution is -2.35. The maximum atomic E-state index is 12.7. The monoisotopic (exact) mass is 358 g/mol. The minimum atomic E-state index is -0.153. The molecule has 0 radical (unpaired) electrons. The lowest BCUT2D eigenvalue weighted by molar-refractivity contribution is 0.0940. The van der Waals surface area contributed by atoms with Crippen LogP contribution in [0.25, 0.3) is 0 Å². The van der Waals surface area contributed by atoms with E-state index in [2.05, 4.69) is 20.2 Å². The highest BCUT2D eigenvalue weighted by atomic mass is 35.5. The van der Waals surface area contributed by atoms with E-state index < -0.39 is 0 Å². The molecule has 0 saturated carbocycles. The minimum Gasteiger partial charge on any atom is -0.372 e. The van der Waals surface area contributed by atoms with E-state index in [9.17, 15) is 4.79 Å². The van der Waals surface area contributed by atoms with Crippen molar-refractivity contribution >= 4 is 23.2 Å². The predicted octanol–water partition coefficient (Wildman–Crippen LogP) is 3.48. The van der Waals surface area contributed by atoms with E-state index in [1.807, 2.05) is 25.1 Å². The summed E-state index contributed by atoms with van der Waals surface area (Å²) in [6.45, 7) is 4.02. The van der Waals surface area contributed by atoms with Gasteiger partial charge in [-0.05, 0) is 44.4 Å². The van der Waals surface area contributed by atoms with Crippen molar-refractivity contribution in [2.75, 3.05) is 18.0 Å². The number of carbonyl (C=O) groups is 1. The van der Waals surface area contributed by atoms with Crippen LogP contribution in [-0.4, -0.2) is 35.0 Å². The summed E-state index contributed by atoms with van der Waals surface area (Å²) in [4.78, 5) is 23.3. The lowest BCUT2D eigenvalue weighted by atomic mass is 10.1. The number of piperidine rings is 1. The van der Waals surface area contributed by atoms with Gasteiger partial charge >= 0.3 is 0 Å². The van der Waals surface area contributed by atoms with Crippen molar-refractivity contribution in [1.29, 1.82) is 0 Å². The molecule has 1 fully saturated rings. The number of amides is 1. The Balaban J connectivity index is 1.68. The number of anilines is 1. The fourth-order valence-corrected chi connectivity index (χ4v) is 3.34. The maximum Gasteiger partial charge on any atom is 0.253 e. The molecule has 132 valence electrons. The molecule has 1 unspecified atom stereocenters. The standard InChI is InChI=1S/C19H23ClN4O/c1-14(11-15-13-21-7-8-22-15)23-19(25)17-12-16(5-6-18(17)20)24-9-3-2-4-10-24/h5-8,12-14H,2-4,9-11H2,1H3,(H,23,25). The molecule has 3 rings (SSSR count). The molecule has 25 heavy (non-hydrogen) atoms. The van der Waals surface area contributed by atoms with Gasteiger partial charge in [-0.3, -0.25) is 14.8 Å². The molecule has 1 aromatic carbocycles. The minimum absolute atomic E-state index is 0.0566. The fraction of sp³-hybridized carbons (Fsp3) is 0.421. The summed E-state index contributed by atoms with van der Waals surface area (Å²) in [7, 11) is 0. The number of hydrogen-bond acceptors (Lipinski definition) is 4. The third-order valence-electron chi connectivity index (χ3n) is 4.43. The molecule has 1 amide bonds. The first-order chi connectivity index (χ1) is 12.1. The van der Waals surface area contributed by atoms with E-state index in [0.717, 1.165) is 24.5 Å². The molecule has 1 saturated heterocycles. The average Bonchev–Trinajstić information content (AvgIpc) is 2.63. The topological polar surface area (TPSA) is 58.1 Å². The maximum absolute atomic E-state index is 12.7. The van der Waals surface area contributed by atoms with Gasteiger partial charge in [0.1, 0.15) is 0 Å². The van der Waals surface area contributed by atoms with Crippen LogP contribution in [-0.2, 0) is 6.42 Å². The van der Waals surface area contributed by atoms with Crippen LogP contribution in [0.15, 0.2) is 36.8 Å². The van der Waals surface area contributed by atoms with E-state index in [1.54, 1.807) is 18.6 Å². The number of carbonyl (C=O) groups excluding carboxylic acids is 1. The van der Waals surface area contributed by atoms with Crippen molar-refractivity contribution in [3.63, 3.8) is 0 Å². The van der Waals surface area contributed by atoms with Gasteiger partial charge in [0.05, 0.1) is 16.3 Å². The van der Waals surface area contributed by atoms with Crippen LogP contribution in [0.1, 0.15) is 42.2 Å². The molecular formula is C19H23ClN4O. The largest absolute Gasteiger partial charge is 0.372 e. The highest BCUT2D eigenvalue weighted by Gasteiger charge is 2.17. The number of nitrogens with one attached hydrogen (secondary N) is 1. The molecule has 1 N–H and O–H groups in total. The molecule has 1 aliphatic heterocycles. The number of rotatable bonds is 5. The predicted molar refractivity (Wildman–Crippen MR) is 100 cm³/mol. The molecule has 1 aromatic heterocycles. The third kappa shape index (κ3) is 4.69. The number of hydrogen-bond donors (Lipinski definition) is 1. The lowest BCUT2D eigenvalue weighted by Gasteiger charge is -2.29. The molecule has 0 spiro atoms. The molecular weight excluding hydrogens is 336 g/mol. The van der Waals surface area contributed by atoms with Crippen molar-refractivity contribution < 1.29 is 4.79 Å². The molecule has 2 aromatic rings. The summed E-state index contributed by atoms with van der Waals surface area (Å²) in [6, 6.07) is 5.65. The Kier molecular flexibility index (Phi) is 5.87. The van der Waals surface area contributed by atoms with Crippen LogP contribution >= 0.6 is 11.6 Å². The van der Waals surface area contributed by atoms with E-state index in [1.165, 1.54) is 19.3 Å². The zero-order chi connectivity index (χ0) is 17.6. The second-order valence-electron chi connectivity index (χ2n) is 6.49. The quantitative estimate of drug-likeness (QED) is 0.889. The van der Waals surface area contributed by atoms with Crippen molar-refractivity contribution in [2.45, 2.75) is 38.6 Å². The van der Waals surface area contributed by atoms with Gasteiger partial charge in [0, 0.05) is 49.8 Å². The van der Waals surface area contributed by atoms with Crippen molar-refractivity contribution in [1.82, 2.24) is 15.3 Å². The Labute approximate surface area is 153 Å². The summed E-state index contributed by atoms with van der Waals surface area (Å²) in [5.74, 6) is -0.153. The Bertz CT molecular complexity index is 717. The van der Waals surface area contributed by atoms with Crippen molar-refractivity contribution in [3.05, 3.63) is 53.1 Å². The molecule has 1 atom stereocenters. The van der Waals surface area contributed by atoms with Gasteiger partial charge in [-0.15, -0.1) is 0 Å². The molecule has 0 bridgehead atoms. The normalized spacial score (nSPS) is 15.7. The van der Waals surface area contributed by atoms with E-state index in [4.69, 9.17) is 11.6 Å². The number of halogens is 1. The Morgan fingerprint density at radius 2 is 2.08 bits per heavy atom. The van der Waals surface area contributed by atoms with E-state index in [0.29, 0.717) is 17.0 Å². The number of aromatic nitrogens is 2. The number of benzene rings is 1. The van der Waals surface area contributed by atoms with Crippen LogP contribution in [0.4, 0.5) is 5.69 Å². The number of nitrogens with zero attached hydrogens (tertiary/aromatic N) is 3. The van der Waals surface area contributed by atoms with Gasteiger partial charge in [-0.25, -0.2) is 0 Å². The molecule has 6 heteroatoms. The second kappa shape index (κ2) is 8.30. The Hall–Kier alpha value is -2.14. The zero-order valence-corrected chi connectivity index (χ0v) is 15.2. The summed E-state index contributed by atoms with van der Waals surface area (Å²) < 4.78 is 0. The SMILES string of the molecule is CC(Cc1cnccn1)NC(=O)c1cc(N2CCCCC2)ccc1Cl. The Morgan fingerprint density at radius 1 is 1.28 bits per heavy atom. The van der Waals surface area contributed by atoms with Crippen LogP contribution in [0.5, 0.6) is 0 Å². The summed E-state index contributed by atoms with van der Waals surface area (Å²) in [6.07, 6.45) is 9.30. The van der Waals surface area contributed by atoms with Gasteiger partial charge in [0.15, 0.2) is 0 Å². The smallest absolute Gasteiger partial charge is 0.253 e. The summed E-state index contributed by atoms with van der Waals surface area (Å²) in [5, 5.41) is 3.48. The van der Waals surface area contributed by atoms with Crippen LogP contribution in [0, 0.1) is 0 Å². The Morgan fingerprint density at radius 3 is 2.80 bits per heavy atom. The molecule has 2 heterocycles. The summed E-state index contributed by atoms with van der Waals surface area (Å²) >= 11 is 6.27. The van der Waals surface area contributed by atoms with Gasteiger partial charge in [-0.2, -0.15) is 0 Å². The highest BCUT2D eigenvalue weighted by Crippen LogP contribution is 2.25. The van der Waals surface area contributed by atoms with Crippen LogP contribution in [0.2, 0.25) is 5.02 Å². The highest BCUT2D eigenvalue weighted by molar-refractivity contribution is 6.34. The first kappa shape index (κ1) is 17.7. The molecule has 5 nitrogen and oxygen atoms in total. The summed E-state index contributed by atoms with van der Waals surface area (Å²) in [5.41, 5.74) is 2.44.